The van der Waals surface area contributed by atoms with E-state index in [0.717, 1.165) is 5.69 Å². The van der Waals surface area contributed by atoms with Crippen molar-refractivity contribution in [2.45, 2.75) is 4.90 Å². The van der Waals surface area contributed by atoms with Crippen molar-refractivity contribution in [2.24, 2.45) is 0 Å². The maximum atomic E-state index is 12.9. The summed E-state index contributed by atoms with van der Waals surface area (Å²) in [7, 11) is -2.31. The average Bonchev–Trinajstić information content (AvgIpc) is 2.92. The number of carbonyl (C=O) groups excluding carboxylic acids is 2. The van der Waals surface area contributed by atoms with Gasteiger partial charge in [0.2, 0.25) is 0 Å². The highest BCUT2D eigenvalue weighted by molar-refractivity contribution is 7.92. The summed E-state index contributed by atoms with van der Waals surface area (Å²) in [5, 5.41) is 0. The second kappa shape index (κ2) is 10.6. The van der Waals surface area contributed by atoms with Crippen molar-refractivity contribution >= 4 is 33.3 Å². The Bertz CT molecular complexity index is 1260. The Kier molecular flexibility index (Phi) is 7.36. The van der Waals surface area contributed by atoms with Gasteiger partial charge in [0.1, 0.15) is 0 Å². The zero-order valence-corrected chi connectivity index (χ0v) is 20.2. The molecular weight excluding hydrogens is 466 g/mol. The van der Waals surface area contributed by atoms with Crippen LogP contribution in [-0.2, 0) is 19.6 Å². The molecule has 0 saturated carbocycles. The Morgan fingerprint density at radius 1 is 0.829 bits per heavy atom. The molecule has 4 rings (SSSR count). The first-order valence-electron chi connectivity index (χ1n) is 11.3. The number of nitrogens with zero attached hydrogens (tertiary/aromatic N) is 3. The minimum atomic E-state index is -3.78. The first-order chi connectivity index (χ1) is 16.9. The van der Waals surface area contributed by atoms with Crippen molar-refractivity contribution in [2.75, 3.05) is 49.0 Å². The average molecular weight is 494 g/mol. The highest BCUT2D eigenvalue weighted by Gasteiger charge is 2.24. The number of amides is 1. The summed E-state index contributed by atoms with van der Waals surface area (Å²) in [6, 6.07) is 24.2. The van der Waals surface area contributed by atoms with Gasteiger partial charge in [-0.15, -0.1) is 0 Å². The molecule has 1 amide bonds. The number of sulfonamides is 1. The lowest BCUT2D eigenvalue weighted by atomic mass is 10.2. The number of hydrogen-bond donors (Lipinski definition) is 0. The SMILES string of the molecule is CN(c1ccccc1)S(=O)(=O)c1ccc(C(=O)OCC(=O)N2CCN(c3ccccc3)CC2)cc1. The van der Waals surface area contributed by atoms with Crippen LogP contribution in [0.5, 0.6) is 0 Å². The fourth-order valence-electron chi connectivity index (χ4n) is 3.85. The molecular formula is C26H27N3O5S. The summed E-state index contributed by atoms with van der Waals surface area (Å²) in [6.07, 6.45) is 0. The van der Waals surface area contributed by atoms with Crippen molar-refractivity contribution in [3.8, 4) is 0 Å². The fraction of sp³-hybridized carbons (Fsp3) is 0.231. The quantitative estimate of drug-likeness (QED) is 0.471. The Balaban J connectivity index is 1.30. The highest BCUT2D eigenvalue weighted by atomic mass is 32.2. The number of rotatable bonds is 7. The smallest absolute Gasteiger partial charge is 0.338 e. The van der Waals surface area contributed by atoms with Gasteiger partial charge in [-0.1, -0.05) is 36.4 Å². The second-order valence-electron chi connectivity index (χ2n) is 8.11. The highest BCUT2D eigenvalue weighted by Crippen LogP contribution is 2.22. The van der Waals surface area contributed by atoms with Crippen LogP contribution in [0, 0.1) is 0 Å². The lowest BCUT2D eigenvalue weighted by molar-refractivity contribution is -0.134. The zero-order valence-electron chi connectivity index (χ0n) is 19.4. The molecule has 8 nitrogen and oxygen atoms in total. The summed E-state index contributed by atoms with van der Waals surface area (Å²) in [6.45, 7) is 2.15. The van der Waals surface area contributed by atoms with Crippen LogP contribution in [0.15, 0.2) is 89.8 Å². The van der Waals surface area contributed by atoms with Gasteiger partial charge in [0.25, 0.3) is 15.9 Å². The minimum absolute atomic E-state index is 0.0489. The molecule has 0 spiro atoms. The third-order valence-corrected chi connectivity index (χ3v) is 7.75. The molecule has 0 aromatic heterocycles. The van der Waals surface area contributed by atoms with E-state index in [-0.39, 0.29) is 23.0 Å². The van der Waals surface area contributed by atoms with Crippen molar-refractivity contribution in [1.82, 2.24) is 4.90 Å². The van der Waals surface area contributed by atoms with E-state index in [1.807, 2.05) is 30.3 Å². The normalized spacial score (nSPS) is 13.9. The van der Waals surface area contributed by atoms with Gasteiger partial charge < -0.3 is 14.5 Å². The molecule has 3 aromatic rings. The van der Waals surface area contributed by atoms with Gasteiger partial charge in [-0.25, -0.2) is 13.2 Å². The van der Waals surface area contributed by atoms with Crippen LogP contribution < -0.4 is 9.21 Å². The molecule has 35 heavy (non-hydrogen) atoms. The number of esters is 1. The molecule has 0 bridgehead atoms. The maximum absolute atomic E-state index is 12.9. The summed E-state index contributed by atoms with van der Waals surface area (Å²) in [5.74, 6) is -0.934. The number of benzene rings is 3. The zero-order chi connectivity index (χ0) is 24.8. The van der Waals surface area contributed by atoms with E-state index in [4.69, 9.17) is 4.74 Å². The summed E-state index contributed by atoms with van der Waals surface area (Å²) >= 11 is 0. The first kappa shape index (κ1) is 24.3. The predicted octanol–water partition coefficient (Wildman–Crippen LogP) is 3.02. The Morgan fingerprint density at radius 2 is 1.40 bits per heavy atom. The van der Waals surface area contributed by atoms with Crippen molar-refractivity contribution in [1.29, 1.82) is 0 Å². The van der Waals surface area contributed by atoms with Crippen LogP contribution in [0.3, 0.4) is 0 Å². The number of anilines is 2. The van der Waals surface area contributed by atoms with E-state index in [9.17, 15) is 18.0 Å². The van der Waals surface area contributed by atoms with E-state index in [1.165, 1.54) is 35.6 Å². The van der Waals surface area contributed by atoms with Crippen molar-refractivity contribution < 1.29 is 22.7 Å². The van der Waals surface area contributed by atoms with Crippen molar-refractivity contribution in [3.05, 3.63) is 90.5 Å². The van der Waals surface area contributed by atoms with E-state index < -0.39 is 16.0 Å². The van der Waals surface area contributed by atoms with Crippen LogP contribution in [0.4, 0.5) is 11.4 Å². The van der Waals surface area contributed by atoms with Gasteiger partial charge >= 0.3 is 5.97 Å². The monoisotopic (exact) mass is 493 g/mol. The third kappa shape index (κ3) is 5.63. The molecule has 0 radical (unpaired) electrons. The molecule has 3 aromatic carbocycles. The number of hydrogen-bond acceptors (Lipinski definition) is 6. The van der Waals surface area contributed by atoms with Gasteiger partial charge in [-0.2, -0.15) is 0 Å². The van der Waals surface area contributed by atoms with Crippen LogP contribution in [0.2, 0.25) is 0 Å². The fourth-order valence-corrected chi connectivity index (χ4v) is 5.05. The number of piperazine rings is 1. The van der Waals surface area contributed by atoms with Crippen LogP contribution in [0.25, 0.3) is 0 Å². The Hall–Kier alpha value is -3.85. The van der Waals surface area contributed by atoms with Crippen LogP contribution in [-0.4, -0.2) is 65.0 Å². The van der Waals surface area contributed by atoms with E-state index in [0.29, 0.717) is 31.9 Å². The molecule has 1 aliphatic rings. The lowest BCUT2D eigenvalue weighted by Gasteiger charge is -2.36. The summed E-state index contributed by atoms with van der Waals surface area (Å²) in [4.78, 5) is 28.9. The van der Waals surface area contributed by atoms with Gasteiger partial charge in [0, 0.05) is 38.9 Å². The van der Waals surface area contributed by atoms with Crippen molar-refractivity contribution in [3.63, 3.8) is 0 Å². The molecule has 182 valence electrons. The summed E-state index contributed by atoms with van der Waals surface area (Å²) in [5.41, 5.74) is 1.82. The maximum Gasteiger partial charge on any atom is 0.338 e. The minimum Gasteiger partial charge on any atom is -0.452 e. The molecule has 0 atom stereocenters. The Labute approximate surface area is 205 Å². The number of para-hydroxylation sites is 2. The number of ether oxygens (including phenoxy) is 1. The van der Waals surface area contributed by atoms with E-state index in [2.05, 4.69) is 4.90 Å². The topological polar surface area (TPSA) is 87.2 Å². The molecule has 0 aliphatic carbocycles. The molecule has 9 heteroatoms. The standard InChI is InChI=1S/C26H27N3O5S/c1-27(22-8-4-2-5-9-22)35(32,33)24-14-12-21(13-15-24)26(31)34-20-25(30)29-18-16-28(17-19-29)23-10-6-3-7-11-23/h2-15H,16-20H2,1H3. The molecule has 0 N–H and O–H groups in total. The van der Waals surface area contributed by atoms with Gasteiger partial charge in [0.05, 0.1) is 16.1 Å². The molecule has 0 unspecified atom stereocenters. The largest absolute Gasteiger partial charge is 0.452 e. The summed E-state index contributed by atoms with van der Waals surface area (Å²) < 4.78 is 32.1. The van der Waals surface area contributed by atoms with Gasteiger partial charge in [0.15, 0.2) is 6.61 Å². The van der Waals surface area contributed by atoms with E-state index >= 15 is 0 Å². The second-order valence-corrected chi connectivity index (χ2v) is 10.1. The van der Waals surface area contributed by atoms with Crippen LogP contribution >= 0.6 is 0 Å². The first-order valence-corrected chi connectivity index (χ1v) is 12.7. The van der Waals surface area contributed by atoms with Crippen LogP contribution in [0.1, 0.15) is 10.4 Å². The third-order valence-electron chi connectivity index (χ3n) is 5.95. The lowest BCUT2D eigenvalue weighted by Crippen LogP contribution is -2.49. The van der Waals surface area contributed by atoms with Gasteiger partial charge in [-0.05, 0) is 48.5 Å². The number of carbonyl (C=O) groups is 2. The molecule has 1 aliphatic heterocycles. The molecule has 1 fully saturated rings. The molecule has 1 heterocycles. The molecule has 1 saturated heterocycles. The Morgan fingerprint density at radius 3 is 2.00 bits per heavy atom. The van der Waals surface area contributed by atoms with Gasteiger partial charge in [-0.3, -0.25) is 9.10 Å². The predicted molar refractivity (Wildman–Crippen MR) is 134 cm³/mol. The van der Waals surface area contributed by atoms with E-state index in [1.54, 1.807) is 35.2 Å².